The Morgan fingerprint density at radius 2 is 1.94 bits per heavy atom. The maximum atomic E-state index is 12.6. The number of rotatable bonds is 4. The van der Waals surface area contributed by atoms with Crippen molar-refractivity contribution in [3.63, 3.8) is 0 Å². The minimum absolute atomic E-state index is 0.0227. The highest BCUT2D eigenvalue weighted by Gasteiger charge is 2.58. The Labute approximate surface area is 115 Å². The summed E-state index contributed by atoms with van der Waals surface area (Å²) in [4.78, 5) is 12.6. The number of alkyl halides is 1. The largest absolute Gasteiger partial charge is 0.356 e. The molecule has 4 aliphatic rings. The number of amides is 1. The molecule has 18 heavy (non-hydrogen) atoms. The summed E-state index contributed by atoms with van der Waals surface area (Å²) < 4.78 is 0. The summed E-state index contributed by atoms with van der Waals surface area (Å²) in [5.74, 6) is 2.59. The number of carbonyl (C=O) groups is 1. The van der Waals surface area contributed by atoms with Crippen molar-refractivity contribution in [1.82, 2.24) is 5.32 Å². The topological polar surface area (TPSA) is 29.1 Å². The van der Waals surface area contributed by atoms with Gasteiger partial charge in [-0.3, -0.25) is 4.79 Å². The molecule has 2 unspecified atom stereocenters. The van der Waals surface area contributed by atoms with E-state index in [-0.39, 0.29) is 5.41 Å². The first-order chi connectivity index (χ1) is 8.55. The van der Waals surface area contributed by atoms with Crippen molar-refractivity contribution in [2.45, 2.75) is 51.9 Å². The molecular weight excluding hydrogens is 246 g/mol. The predicted molar refractivity (Wildman–Crippen MR) is 73.6 cm³/mol. The van der Waals surface area contributed by atoms with E-state index in [0.29, 0.717) is 17.2 Å². The zero-order valence-electron chi connectivity index (χ0n) is 11.3. The highest BCUT2D eigenvalue weighted by molar-refractivity contribution is 6.17. The van der Waals surface area contributed by atoms with Gasteiger partial charge in [0.1, 0.15) is 0 Å². The number of nitrogens with one attached hydrogen (secondary N) is 1. The maximum Gasteiger partial charge on any atom is 0.226 e. The average Bonchev–Trinajstić information content (AvgIpc) is 2.25. The van der Waals surface area contributed by atoms with E-state index in [2.05, 4.69) is 12.2 Å². The molecule has 0 aliphatic heterocycles. The van der Waals surface area contributed by atoms with Gasteiger partial charge in [0.2, 0.25) is 5.91 Å². The summed E-state index contributed by atoms with van der Waals surface area (Å²) in [7, 11) is 0. The fourth-order valence-corrected chi connectivity index (χ4v) is 5.58. The summed E-state index contributed by atoms with van der Waals surface area (Å²) >= 11 is 5.67. The Morgan fingerprint density at radius 3 is 2.50 bits per heavy atom. The molecule has 0 heterocycles. The summed E-state index contributed by atoms with van der Waals surface area (Å²) in [6, 6.07) is 0. The van der Waals surface area contributed by atoms with Crippen molar-refractivity contribution in [2.24, 2.45) is 22.7 Å². The number of hydrogen-bond donors (Lipinski definition) is 1. The van der Waals surface area contributed by atoms with Crippen molar-refractivity contribution in [2.75, 3.05) is 12.4 Å². The third kappa shape index (κ3) is 2.07. The molecular formula is C15H24ClNO. The summed E-state index contributed by atoms with van der Waals surface area (Å²) in [5.41, 5.74) is 0.430. The van der Waals surface area contributed by atoms with Crippen LogP contribution in [0.15, 0.2) is 0 Å². The first kappa shape index (κ1) is 12.8. The van der Waals surface area contributed by atoms with Crippen LogP contribution in [0.25, 0.3) is 0 Å². The third-order valence-corrected chi connectivity index (χ3v) is 5.70. The molecule has 0 saturated heterocycles. The van der Waals surface area contributed by atoms with Crippen molar-refractivity contribution in [1.29, 1.82) is 0 Å². The molecule has 2 nitrogen and oxygen atoms in total. The summed E-state index contributed by atoms with van der Waals surface area (Å²) in [6.45, 7) is 3.15. The highest BCUT2D eigenvalue weighted by atomic mass is 35.5. The van der Waals surface area contributed by atoms with E-state index < -0.39 is 0 Å². The number of halogens is 1. The summed E-state index contributed by atoms with van der Waals surface area (Å²) in [6.07, 6.45) is 8.40. The van der Waals surface area contributed by atoms with E-state index in [0.717, 1.165) is 44.1 Å². The van der Waals surface area contributed by atoms with Crippen LogP contribution >= 0.6 is 11.6 Å². The Hall–Kier alpha value is -0.240. The molecule has 0 aromatic carbocycles. The van der Waals surface area contributed by atoms with E-state index >= 15 is 0 Å². The Morgan fingerprint density at radius 1 is 1.28 bits per heavy atom. The van der Waals surface area contributed by atoms with Crippen LogP contribution in [-0.4, -0.2) is 18.3 Å². The molecule has 0 spiro atoms. The lowest BCUT2D eigenvalue weighted by molar-refractivity contribution is -0.155. The monoisotopic (exact) mass is 269 g/mol. The van der Waals surface area contributed by atoms with Gasteiger partial charge in [-0.1, -0.05) is 6.92 Å². The van der Waals surface area contributed by atoms with Gasteiger partial charge in [-0.05, 0) is 62.2 Å². The van der Waals surface area contributed by atoms with Gasteiger partial charge in [-0.25, -0.2) is 0 Å². The molecule has 4 fully saturated rings. The van der Waals surface area contributed by atoms with E-state index in [1.54, 1.807) is 0 Å². The maximum absolute atomic E-state index is 12.6. The van der Waals surface area contributed by atoms with Crippen LogP contribution in [0.5, 0.6) is 0 Å². The molecule has 1 amide bonds. The summed E-state index contributed by atoms with van der Waals surface area (Å²) in [5, 5.41) is 3.13. The predicted octanol–water partition coefficient (Wildman–Crippen LogP) is 3.34. The fourth-order valence-electron chi connectivity index (χ4n) is 5.44. The minimum atomic E-state index is -0.0227. The van der Waals surface area contributed by atoms with Gasteiger partial charge in [-0.15, -0.1) is 11.6 Å². The molecule has 3 heteroatoms. The van der Waals surface area contributed by atoms with Crippen LogP contribution in [0.1, 0.15) is 51.9 Å². The fraction of sp³-hybridized carbons (Fsp3) is 0.933. The van der Waals surface area contributed by atoms with E-state index in [1.807, 2.05) is 0 Å². The average molecular weight is 270 g/mol. The van der Waals surface area contributed by atoms with Crippen LogP contribution in [0.3, 0.4) is 0 Å². The minimum Gasteiger partial charge on any atom is -0.356 e. The molecule has 4 rings (SSSR count). The lowest BCUT2D eigenvalue weighted by Crippen LogP contribution is -2.56. The van der Waals surface area contributed by atoms with Crippen molar-refractivity contribution >= 4 is 17.5 Å². The SMILES string of the molecule is CC12CC3CC(C1)CC(C(=O)NCCCCl)(C3)C2. The van der Waals surface area contributed by atoms with Crippen molar-refractivity contribution in [3.8, 4) is 0 Å². The smallest absolute Gasteiger partial charge is 0.226 e. The molecule has 0 aromatic rings. The van der Waals surface area contributed by atoms with Crippen LogP contribution in [0.2, 0.25) is 0 Å². The van der Waals surface area contributed by atoms with E-state index in [4.69, 9.17) is 11.6 Å². The second-order valence-corrected chi connectivity index (χ2v) is 7.73. The van der Waals surface area contributed by atoms with Crippen molar-refractivity contribution < 1.29 is 4.79 Å². The molecule has 1 N–H and O–H groups in total. The zero-order valence-corrected chi connectivity index (χ0v) is 12.1. The van der Waals surface area contributed by atoms with Crippen LogP contribution in [-0.2, 0) is 4.79 Å². The third-order valence-electron chi connectivity index (χ3n) is 5.43. The molecule has 102 valence electrons. The molecule has 4 saturated carbocycles. The van der Waals surface area contributed by atoms with Crippen LogP contribution in [0.4, 0.5) is 0 Å². The first-order valence-electron chi connectivity index (χ1n) is 7.40. The van der Waals surface area contributed by atoms with E-state index in [1.165, 1.54) is 19.3 Å². The zero-order chi connectivity index (χ0) is 12.8. The van der Waals surface area contributed by atoms with E-state index in [9.17, 15) is 4.79 Å². The normalized spacial score (nSPS) is 45.2. The van der Waals surface area contributed by atoms with Gasteiger partial charge < -0.3 is 5.32 Å². The number of carbonyl (C=O) groups excluding carboxylic acids is 1. The molecule has 4 bridgehead atoms. The van der Waals surface area contributed by atoms with Gasteiger partial charge in [0.25, 0.3) is 0 Å². The van der Waals surface area contributed by atoms with Gasteiger partial charge in [0.15, 0.2) is 0 Å². The first-order valence-corrected chi connectivity index (χ1v) is 7.93. The van der Waals surface area contributed by atoms with Crippen molar-refractivity contribution in [3.05, 3.63) is 0 Å². The lowest BCUT2D eigenvalue weighted by Gasteiger charge is -2.60. The quantitative estimate of drug-likeness (QED) is 0.616. The second kappa shape index (κ2) is 4.40. The standard InChI is InChI=1S/C15H24ClNO/c1-14-6-11-5-12(7-14)9-15(8-11,10-14)13(18)17-4-2-3-16/h11-12H,2-10H2,1H3,(H,17,18). The van der Waals surface area contributed by atoms with Gasteiger partial charge in [0.05, 0.1) is 5.41 Å². The van der Waals surface area contributed by atoms with Gasteiger partial charge in [0, 0.05) is 12.4 Å². The molecule has 2 atom stereocenters. The highest BCUT2D eigenvalue weighted by Crippen LogP contribution is 2.65. The van der Waals surface area contributed by atoms with Gasteiger partial charge in [-0.2, -0.15) is 0 Å². The molecule has 4 aliphatic carbocycles. The molecule has 0 aromatic heterocycles. The lowest BCUT2D eigenvalue weighted by atomic mass is 9.44. The Balaban J connectivity index is 1.72. The Bertz CT molecular complexity index is 340. The second-order valence-electron chi connectivity index (χ2n) is 7.35. The van der Waals surface area contributed by atoms with Crippen LogP contribution < -0.4 is 5.32 Å². The number of hydrogen-bond acceptors (Lipinski definition) is 1. The van der Waals surface area contributed by atoms with Crippen LogP contribution in [0, 0.1) is 22.7 Å². The van der Waals surface area contributed by atoms with Gasteiger partial charge >= 0.3 is 0 Å². The Kier molecular flexibility index (Phi) is 3.12. The molecule has 0 radical (unpaired) electrons.